The minimum Gasteiger partial charge on any atom is -0.342 e. The Bertz CT molecular complexity index is 891. The molecular formula is C25H32F6N2O2. The lowest BCUT2D eigenvalue weighted by atomic mass is 9.65. The van der Waals surface area contributed by atoms with E-state index in [-0.39, 0.29) is 35.6 Å². The van der Waals surface area contributed by atoms with E-state index in [0.717, 1.165) is 19.3 Å². The van der Waals surface area contributed by atoms with Gasteiger partial charge in [0.25, 0.3) is 0 Å². The van der Waals surface area contributed by atoms with Crippen LogP contribution in [0.3, 0.4) is 0 Å². The Balaban J connectivity index is 1.59. The molecule has 1 aliphatic heterocycles. The Kier molecular flexibility index (Phi) is 7.82. The lowest BCUT2D eigenvalue weighted by Gasteiger charge is -2.44. The average molecular weight is 507 g/mol. The van der Waals surface area contributed by atoms with E-state index in [1.807, 2.05) is 4.90 Å². The molecular weight excluding hydrogens is 474 g/mol. The van der Waals surface area contributed by atoms with Gasteiger partial charge < -0.3 is 10.2 Å². The summed E-state index contributed by atoms with van der Waals surface area (Å²) in [7, 11) is 0. The van der Waals surface area contributed by atoms with Gasteiger partial charge in [0.2, 0.25) is 11.8 Å². The van der Waals surface area contributed by atoms with Crippen LogP contribution in [0.2, 0.25) is 0 Å². The highest BCUT2D eigenvalue weighted by Gasteiger charge is 2.43. The highest BCUT2D eigenvalue weighted by molar-refractivity contribution is 5.91. The van der Waals surface area contributed by atoms with Crippen LogP contribution in [0, 0.1) is 23.2 Å². The van der Waals surface area contributed by atoms with Crippen molar-refractivity contribution in [2.24, 2.45) is 23.2 Å². The highest BCUT2D eigenvalue weighted by Crippen LogP contribution is 2.44. The van der Waals surface area contributed by atoms with Gasteiger partial charge in [0.05, 0.1) is 11.1 Å². The zero-order valence-electron chi connectivity index (χ0n) is 20.2. The molecule has 2 aliphatic rings. The smallest absolute Gasteiger partial charge is 0.342 e. The SMILES string of the molecule is CC(C)(C)C(C(=O)N1CCC(CC(=O)Nc2cc(C(F)(F)F)cc(C(F)(F)F)c2)CC1)C1CCC1. The summed E-state index contributed by atoms with van der Waals surface area (Å²) in [4.78, 5) is 27.5. The summed E-state index contributed by atoms with van der Waals surface area (Å²) in [6.07, 6.45) is -5.65. The molecule has 1 N–H and O–H groups in total. The minimum absolute atomic E-state index is 0.0247. The summed E-state index contributed by atoms with van der Waals surface area (Å²) in [5.41, 5.74) is -3.65. The van der Waals surface area contributed by atoms with Crippen molar-refractivity contribution in [1.82, 2.24) is 4.90 Å². The van der Waals surface area contributed by atoms with Crippen molar-refractivity contribution in [3.05, 3.63) is 29.3 Å². The predicted molar refractivity (Wildman–Crippen MR) is 119 cm³/mol. The van der Waals surface area contributed by atoms with Crippen molar-refractivity contribution in [2.45, 2.75) is 71.6 Å². The lowest BCUT2D eigenvalue weighted by molar-refractivity contribution is -0.145. The van der Waals surface area contributed by atoms with Crippen molar-refractivity contribution >= 4 is 17.5 Å². The summed E-state index contributed by atoms with van der Waals surface area (Å²) < 4.78 is 78.3. The Morgan fingerprint density at radius 2 is 1.43 bits per heavy atom. The first-order chi connectivity index (χ1) is 16.1. The van der Waals surface area contributed by atoms with E-state index in [1.54, 1.807) is 0 Å². The summed E-state index contributed by atoms with van der Waals surface area (Å²) in [5.74, 6) is -0.290. The van der Waals surface area contributed by atoms with Gasteiger partial charge in [-0.3, -0.25) is 9.59 Å². The van der Waals surface area contributed by atoms with Gasteiger partial charge in [-0.1, -0.05) is 27.2 Å². The fourth-order valence-corrected chi connectivity index (χ4v) is 5.11. The first kappa shape index (κ1) is 27.3. The molecule has 0 spiro atoms. The molecule has 2 fully saturated rings. The molecule has 35 heavy (non-hydrogen) atoms. The van der Waals surface area contributed by atoms with Crippen LogP contribution in [0.1, 0.15) is 70.4 Å². The quantitative estimate of drug-likeness (QED) is 0.449. The van der Waals surface area contributed by atoms with Crippen molar-refractivity contribution in [3.63, 3.8) is 0 Å². The van der Waals surface area contributed by atoms with Crippen LogP contribution in [0.15, 0.2) is 18.2 Å². The Labute approximate surface area is 201 Å². The summed E-state index contributed by atoms with van der Waals surface area (Å²) >= 11 is 0. The van der Waals surface area contributed by atoms with E-state index in [9.17, 15) is 35.9 Å². The highest BCUT2D eigenvalue weighted by atomic mass is 19.4. The number of piperidine rings is 1. The number of likely N-dealkylation sites (tertiary alicyclic amines) is 1. The largest absolute Gasteiger partial charge is 0.416 e. The number of anilines is 1. The number of amides is 2. The van der Waals surface area contributed by atoms with Crippen LogP contribution in [0.25, 0.3) is 0 Å². The first-order valence-electron chi connectivity index (χ1n) is 11.9. The van der Waals surface area contributed by atoms with Crippen LogP contribution in [0.5, 0.6) is 0 Å². The number of carbonyl (C=O) groups is 2. The molecule has 0 radical (unpaired) electrons. The number of nitrogens with zero attached hydrogens (tertiary/aromatic N) is 1. The van der Waals surface area contributed by atoms with E-state index in [1.165, 1.54) is 0 Å². The summed E-state index contributed by atoms with van der Waals surface area (Å²) in [6, 6.07) is 1.03. The van der Waals surface area contributed by atoms with Crippen LogP contribution in [0.4, 0.5) is 32.0 Å². The van der Waals surface area contributed by atoms with Crippen molar-refractivity contribution in [1.29, 1.82) is 0 Å². The molecule has 10 heteroatoms. The number of hydrogen-bond acceptors (Lipinski definition) is 2. The second-order valence-electron chi connectivity index (χ2n) is 10.9. The van der Waals surface area contributed by atoms with Gasteiger partial charge in [0.15, 0.2) is 0 Å². The fourth-order valence-electron chi connectivity index (χ4n) is 5.11. The first-order valence-corrected chi connectivity index (χ1v) is 11.9. The molecule has 196 valence electrons. The summed E-state index contributed by atoms with van der Waals surface area (Å²) in [5, 5.41) is 2.20. The van der Waals surface area contributed by atoms with Crippen molar-refractivity contribution in [2.75, 3.05) is 18.4 Å². The summed E-state index contributed by atoms with van der Waals surface area (Å²) in [6.45, 7) is 7.19. The van der Waals surface area contributed by atoms with Gasteiger partial charge in [-0.05, 0) is 61.1 Å². The maximum atomic E-state index is 13.2. The molecule has 0 bridgehead atoms. The molecule has 1 unspecified atom stereocenters. The topological polar surface area (TPSA) is 49.4 Å². The number of carbonyl (C=O) groups excluding carboxylic acids is 2. The Morgan fingerprint density at radius 1 is 0.914 bits per heavy atom. The van der Waals surface area contributed by atoms with Gasteiger partial charge in [0.1, 0.15) is 0 Å². The average Bonchev–Trinajstić information content (AvgIpc) is 2.68. The zero-order chi connectivity index (χ0) is 26.2. The Hall–Kier alpha value is -2.26. The van der Waals surface area contributed by atoms with E-state index in [2.05, 4.69) is 26.1 Å². The molecule has 1 aliphatic carbocycles. The second kappa shape index (κ2) is 10.0. The molecule has 2 amide bonds. The molecule has 3 rings (SSSR count). The molecule has 1 saturated carbocycles. The normalized spacial score (nSPS) is 19.3. The van der Waals surface area contributed by atoms with Gasteiger partial charge in [-0.2, -0.15) is 26.3 Å². The van der Waals surface area contributed by atoms with Gasteiger partial charge in [-0.25, -0.2) is 0 Å². The number of halogens is 6. The molecule has 1 atom stereocenters. The van der Waals surface area contributed by atoms with Gasteiger partial charge in [0, 0.05) is 31.1 Å². The second-order valence-corrected chi connectivity index (χ2v) is 10.9. The molecule has 0 aromatic heterocycles. The van der Waals surface area contributed by atoms with E-state index in [0.29, 0.717) is 44.0 Å². The van der Waals surface area contributed by atoms with Crippen LogP contribution in [-0.4, -0.2) is 29.8 Å². The van der Waals surface area contributed by atoms with Crippen LogP contribution < -0.4 is 5.32 Å². The monoisotopic (exact) mass is 506 g/mol. The minimum atomic E-state index is -4.98. The van der Waals surface area contributed by atoms with E-state index >= 15 is 0 Å². The number of nitrogens with one attached hydrogen (secondary N) is 1. The van der Waals surface area contributed by atoms with Crippen molar-refractivity contribution in [3.8, 4) is 0 Å². The molecule has 1 heterocycles. The van der Waals surface area contributed by atoms with Crippen LogP contribution in [-0.2, 0) is 21.9 Å². The number of benzene rings is 1. The fraction of sp³-hybridized carbons (Fsp3) is 0.680. The van der Waals surface area contributed by atoms with E-state index in [4.69, 9.17) is 0 Å². The van der Waals surface area contributed by atoms with Gasteiger partial charge >= 0.3 is 12.4 Å². The van der Waals surface area contributed by atoms with Crippen LogP contribution >= 0.6 is 0 Å². The Morgan fingerprint density at radius 3 is 1.83 bits per heavy atom. The molecule has 1 saturated heterocycles. The number of alkyl halides is 6. The third-order valence-electron chi connectivity index (χ3n) is 7.09. The molecule has 1 aromatic carbocycles. The van der Waals surface area contributed by atoms with Crippen molar-refractivity contribution < 1.29 is 35.9 Å². The number of rotatable bonds is 5. The molecule has 4 nitrogen and oxygen atoms in total. The predicted octanol–water partition coefficient (Wildman–Crippen LogP) is 6.75. The van der Waals surface area contributed by atoms with E-state index < -0.39 is 35.1 Å². The maximum Gasteiger partial charge on any atom is 0.416 e. The standard InChI is InChI=1S/C25H32F6N2O2/c1-23(2,3)21(16-5-4-6-16)22(35)33-9-7-15(8-10-33)11-20(34)32-19-13-17(24(26,27)28)12-18(14-19)25(29,30)31/h12-16,21H,4-11H2,1-3H3,(H,32,34). The maximum absolute atomic E-state index is 13.2. The lowest BCUT2D eigenvalue weighted by Crippen LogP contribution is -2.49. The van der Waals surface area contributed by atoms with Gasteiger partial charge in [-0.15, -0.1) is 0 Å². The third kappa shape index (κ3) is 6.91. The third-order valence-corrected chi connectivity index (χ3v) is 7.09. The number of hydrogen-bond donors (Lipinski definition) is 1. The zero-order valence-corrected chi connectivity index (χ0v) is 20.2. The molecule has 1 aromatic rings.